The number of hydrogen-bond acceptors (Lipinski definition) is 2. The van der Waals surface area contributed by atoms with E-state index in [0.717, 1.165) is 12.1 Å². The number of carbonyl (C=O) groups is 1. The zero-order chi connectivity index (χ0) is 15.4. The summed E-state index contributed by atoms with van der Waals surface area (Å²) < 4.78 is 38.5. The number of carboxylic acid groups (broad SMARTS) is 1. The second-order valence-electron chi connectivity index (χ2n) is 4.40. The minimum Gasteiger partial charge on any atom is -0.479 e. The molecule has 0 aromatic heterocycles. The lowest BCUT2D eigenvalue weighted by Crippen LogP contribution is -2.20. The molecule has 21 heavy (non-hydrogen) atoms. The lowest BCUT2D eigenvalue weighted by molar-refractivity contribution is -0.138. The van der Waals surface area contributed by atoms with Crippen molar-refractivity contribution < 1.29 is 23.1 Å². The Bertz CT molecular complexity index is 646. The Balaban J connectivity index is 2.31. The third-order valence-corrected chi connectivity index (χ3v) is 2.88. The fourth-order valence-corrected chi connectivity index (χ4v) is 1.91. The Morgan fingerprint density at radius 3 is 2.33 bits per heavy atom. The third kappa shape index (κ3) is 3.75. The lowest BCUT2D eigenvalue weighted by Gasteiger charge is -2.17. The summed E-state index contributed by atoms with van der Waals surface area (Å²) in [6, 6.07) is 9.15. The van der Waals surface area contributed by atoms with Crippen LogP contribution in [-0.2, 0) is 4.79 Å². The van der Waals surface area contributed by atoms with Crippen LogP contribution < -0.4 is 5.32 Å². The molecule has 2 aromatic rings. The molecule has 0 aliphatic heterocycles. The van der Waals surface area contributed by atoms with Crippen LogP contribution in [0.15, 0.2) is 48.5 Å². The van der Waals surface area contributed by atoms with E-state index in [0.29, 0.717) is 0 Å². The SMILES string of the molecule is O=C(O)C(Nc1cccc(F)c1)c1cccc(C(F)F)c1. The molecule has 0 bridgehead atoms. The molecule has 110 valence electrons. The number of hydrogen-bond donors (Lipinski definition) is 2. The minimum absolute atomic E-state index is 0.171. The molecule has 0 saturated heterocycles. The second kappa shape index (κ2) is 6.30. The van der Waals surface area contributed by atoms with Gasteiger partial charge >= 0.3 is 5.97 Å². The maximum absolute atomic E-state index is 13.1. The van der Waals surface area contributed by atoms with Crippen molar-refractivity contribution >= 4 is 11.7 Å². The number of anilines is 1. The summed E-state index contributed by atoms with van der Waals surface area (Å²) in [5.41, 5.74) is 0.161. The number of carboxylic acids is 1. The van der Waals surface area contributed by atoms with Crippen LogP contribution in [0.2, 0.25) is 0 Å². The molecule has 1 unspecified atom stereocenters. The predicted molar refractivity (Wildman–Crippen MR) is 71.8 cm³/mol. The number of aliphatic carboxylic acids is 1. The first-order chi connectivity index (χ1) is 9.97. The molecule has 0 heterocycles. The van der Waals surface area contributed by atoms with Crippen molar-refractivity contribution in [1.82, 2.24) is 0 Å². The highest BCUT2D eigenvalue weighted by molar-refractivity contribution is 5.79. The molecular formula is C15H12F3NO2. The van der Waals surface area contributed by atoms with Gasteiger partial charge in [0.15, 0.2) is 6.04 Å². The van der Waals surface area contributed by atoms with Crippen molar-refractivity contribution in [1.29, 1.82) is 0 Å². The maximum atomic E-state index is 13.1. The lowest BCUT2D eigenvalue weighted by atomic mass is 10.0. The Labute approximate surface area is 119 Å². The molecule has 0 aliphatic rings. The van der Waals surface area contributed by atoms with Crippen molar-refractivity contribution in [3.63, 3.8) is 0 Å². The van der Waals surface area contributed by atoms with E-state index in [1.54, 1.807) is 0 Å². The average Bonchev–Trinajstić information content (AvgIpc) is 2.44. The predicted octanol–water partition coefficient (Wildman–Crippen LogP) is 4.00. The Hall–Kier alpha value is -2.50. The summed E-state index contributed by atoms with van der Waals surface area (Å²) in [5, 5.41) is 11.9. The van der Waals surface area contributed by atoms with E-state index in [2.05, 4.69) is 5.32 Å². The molecule has 2 N–H and O–H groups in total. The molecule has 0 fully saturated rings. The first-order valence-corrected chi connectivity index (χ1v) is 6.10. The normalized spacial score (nSPS) is 12.2. The second-order valence-corrected chi connectivity index (χ2v) is 4.40. The fourth-order valence-electron chi connectivity index (χ4n) is 1.91. The summed E-state index contributed by atoms with van der Waals surface area (Å²) in [5.74, 6) is -1.77. The summed E-state index contributed by atoms with van der Waals surface area (Å²) in [6.07, 6.45) is -2.69. The zero-order valence-electron chi connectivity index (χ0n) is 10.8. The molecule has 0 aliphatic carbocycles. The van der Waals surface area contributed by atoms with Gasteiger partial charge in [0, 0.05) is 11.3 Å². The summed E-state index contributed by atoms with van der Waals surface area (Å²) in [6.45, 7) is 0. The highest BCUT2D eigenvalue weighted by Gasteiger charge is 2.21. The van der Waals surface area contributed by atoms with Gasteiger partial charge in [0.1, 0.15) is 5.82 Å². The molecule has 6 heteroatoms. The summed E-state index contributed by atoms with van der Waals surface area (Å²) in [4.78, 5) is 11.3. The molecule has 2 rings (SSSR count). The average molecular weight is 295 g/mol. The number of halogens is 3. The van der Waals surface area contributed by atoms with Crippen LogP contribution in [0.1, 0.15) is 23.6 Å². The van der Waals surface area contributed by atoms with Crippen molar-refractivity contribution in [2.45, 2.75) is 12.5 Å². The number of benzene rings is 2. The van der Waals surface area contributed by atoms with Gasteiger partial charge in [0.2, 0.25) is 0 Å². The molecule has 2 aromatic carbocycles. The summed E-state index contributed by atoms with van der Waals surface area (Å²) in [7, 11) is 0. The van der Waals surface area contributed by atoms with Crippen LogP contribution in [0.25, 0.3) is 0 Å². The molecule has 0 radical (unpaired) electrons. The van der Waals surface area contributed by atoms with E-state index in [4.69, 9.17) is 0 Å². The van der Waals surface area contributed by atoms with Gasteiger partial charge < -0.3 is 10.4 Å². The molecule has 3 nitrogen and oxygen atoms in total. The van der Waals surface area contributed by atoms with Gasteiger partial charge in [-0.3, -0.25) is 0 Å². The van der Waals surface area contributed by atoms with Gasteiger partial charge in [-0.25, -0.2) is 18.0 Å². The van der Waals surface area contributed by atoms with Crippen LogP contribution in [0.3, 0.4) is 0 Å². The van der Waals surface area contributed by atoms with E-state index in [1.165, 1.54) is 36.4 Å². The van der Waals surface area contributed by atoms with Crippen LogP contribution in [0, 0.1) is 5.82 Å². The van der Waals surface area contributed by atoms with Gasteiger partial charge in [-0.15, -0.1) is 0 Å². The van der Waals surface area contributed by atoms with E-state index in [9.17, 15) is 23.1 Å². The number of rotatable bonds is 5. The third-order valence-electron chi connectivity index (χ3n) is 2.88. The highest BCUT2D eigenvalue weighted by atomic mass is 19.3. The first-order valence-electron chi connectivity index (χ1n) is 6.10. The van der Waals surface area contributed by atoms with Crippen LogP contribution in [0.4, 0.5) is 18.9 Å². The van der Waals surface area contributed by atoms with Gasteiger partial charge in [-0.05, 0) is 29.8 Å². The monoisotopic (exact) mass is 295 g/mol. The van der Waals surface area contributed by atoms with Crippen molar-refractivity contribution in [3.8, 4) is 0 Å². The first kappa shape index (κ1) is 14.9. The van der Waals surface area contributed by atoms with E-state index in [-0.39, 0.29) is 16.8 Å². The Kier molecular flexibility index (Phi) is 4.47. The largest absolute Gasteiger partial charge is 0.479 e. The number of nitrogens with one attached hydrogen (secondary N) is 1. The quantitative estimate of drug-likeness (QED) is 0.876. The van der Waals surface area contributed by atoms with Gasteiger partial charge in [0.05, 0.1) is 0 Å². The van der Waals surface area contributed by atoms with E-state index >= 15 is 0 Å². The Morgan fingerprint density at radius 1 is 1.05 bits per heavy atom. The standard InChI is InChI=1S/C15H12F3NO2/c16-11-5-2-6-12(8-11)19-13(15(20)21)9-3-1-4-10(7-9)14(17)18/h1-8,13-14,19H,(H,20,21). The maximum Gasteiger partial charge on any atom is 0.330 e. The van der Waals surface area contributed by atoms with E-state index in [1.807, 2.05) is 0 Å². The van der Waals surface area contributed by atoms with Crippen LogP contribution in [-0.4, -0.2) is 11.1 Å². The van der Waals surface area contributed by atoms with Gasteiger partial charge in [-0.1, -0.05) is 24.3 Å². The van der Waals surface area contributed by atoms with Gasteiger partial charge in [0.25, 0.3) is 6.43 Å². The minimum atomic E-state index is -2.69. The van der Waals surface area contributed by atoms with Crippen molar-refractivity contribution in [2.75, 3.05) is 5.32 Å². The van der Waals surface area contributed by atoms with Crippen molar-refractivity contribution in [3.05, 3.63) is 65.5 Å². The van der Waals surface area contributed by atoms with Crippen molar-refractivity contribution in [2.24, 2.45) is 0 Å². The molecule has 0 spiro atoms. The molecular weight excluding hydrogens is 283 g/mol. The van der Waals surface area contributed by atoms with E-state index < -0.39 is 24.3 Å². The molecule has 1 atom stereocenters. The molecule has 0 saturated carbocycles. The topological polar surface area (TPSA) is 49.3 Å². The summed E-state index contributed by atoms with van der Waals surface area (Å²) >= 11 is 0. The van der Waals surface area contributed by atoms with Gasteiger partial charge in [-0.2, -0.15) is 0 Å². The smallest absolute Gasteiger partial charge is 0.330 e. The van der Waals surface area contributed by atoms with Crippen LogP contribution in [0.5, 0.6) is 0 Å². The molecule has 0 amide bonds. The highest BCUT2D eigenvalue weighted by Crippen LogP contribution is 2.25. The van der Waals surface area contributed by atoms with Crippen LogP contribution >= 0.6 is 0 Å². The fraction of sp³-hybridized carbons (Fsp3) is 0.133. The number of alkyl halides is 2. The zero-order valence-corrected chi connectivity index (χ0v) is 10.8. The Morgan fingerprint density at radius 2 is 1.71 bits per heavy atom.